The summed E-state index contributed by atoms with van der Waals surface area (Å²) < 4.78 is 0. The molecule has 352 valence electrons. The lowest BCUT2D eigenvalue weighted by molar-refractivity contribution is -0.141. The molecular weight excluding hydrogens is 789 g/mol. The molecule has 0 saturated carbocycles. The number of nitrogens with two attached hydrogens (primary N) is 1. The average Bonchev–Trinajstić information content (AvgIpc) is 3.92. The zero-order valence-electron chi connectivity index (χ0n) is 40.5. The Labute approximate surface area is 380 Å². The predicted octanol–water partition coefficient (Wildman–Crippen LogP) is 5.64. The Kier molecular flexibility index (Phi) is 20.6. The van der Waals surface area contributed by atoms with Crippen LogP contribution in [0.25, 0.3) is 0 Å². The molecule has 0 spiro atoms. The highest BCUT2D eigenvalue weighted by Gasteiger charge is 2.42. The van der Waals surface area contributed by atoms with Gasteiger partial charge in [-0.3, -0.25) is 19.2 Å². The van der Waals surface area contributed by atoms with Crippen LogP contribution in [-0.4, -0.2) is 139 Å². The molecule has 5 N–H and O–H groups in total. The van der Waals surface area contributed by atoms with E-state index in [-0.39, 0.29) is 41.8 Å². The molecule has 0 unspecified atom stereocenters. The van der Waals surface area contributed by atoms with Crippen LogP contribution in [0.1, 0.15) is 118 Å². The van der Waals surface area contributed by atoms with Gasteiger partial charge < -0.3 is 41.3 Å². The summed E-state index contributed by atoms with van der Waals surface area (Å²) in [5.74, 6) is -0.447. The van der Waals surface area contributed by atoms with E-state index < -0.39 is 29.0 Å². The summed E-state index contributed by atoms with van der Waals surface area (Å²) in [5, 5.41) is 9.06. The summed E-state index contributed by atoms with van der Waals surface area (Å²) in [7, 11) is 1.76. The van der Waals surface area contributed by atoms with Crippen molar-refractivity contribution >= 4 is 23.6 Å². The van der Waals surface area contributed by atoms with Gasteiger partial charge in [0.05, 0.1) is 12.1 Å². The lowest BCUT2D eigenvalue weighted by Gasteiger charge is -2.37. The number of nitrogens with one attached hydrogen (secondary N) is 3. The molecule has 2 saturated heterocycles. The number of unbranched alkanes of at least 4 members (excludes halogenated alkanes) is 3. The van der Waals surface area contributed by atoms with Gasteiger partial charge in [0.1, 0.15) is 12.1 Å². The number of benzene rings is 2. The van der Waals surface area contributed by atoms with E-state index in [0.29, 0.717) is 6.54 Å². The van der Waals surface area contributed by atoms with Crippen LogP contribution in [0.5, 0.6) is 0 Å². The Morgan fingerprint density at radius 3 is 1.40 bits per heavy atom. The van der Waals surface area contributed by atoms with Crippen molar-refractivity contribution in [1.29, 1.82) is 0 Å². The van der Waals surface area contributed by atoms with Gasteiger partial charge in [0.2, 0.25) is 23.6 Å². The van der Waals surface area contributed by atoms with E-state index in [0.717, 1.165) is 110 Å². The first kappa shape index (κ1) is 51.8. The van der Waals surface area contributed by atoms with E-state index >= 15 is 0 Å². The topological polar surface area (TPSA) is 143 Å². The fourth-order valence-electron chi connectivity index (χ4n) is 9.01. The largest absolute Gasteiger partial charge is 0.342 e. The number of likely N-dealkylation sites (tertiary alicyclic amines) is 2. The molecule has 2 aliphatic rings. The van der Waals surface area contributed by atoms with Crippen molar-refractivity contribution in [2.75, 3.05) is 59.4 Å². The zero-order chi connectivity index (χ0) is 46.2. The Morgan fingerprint density at radius 2 is 1.03 bits per heavy atom. The summed E-state index contributed by atoms with van der Waals surface area (Å²) in [6.07, 6.45) is 10.1. The number of rotatable bonds is 24. The van der Waals surface area contributed by atoms with Crippen LogP contribution >= 0.6 is 0 Å². The Hall–Kier alpha value is -3.84. The van der Waals surface area contributed by atoms with E-state index in [9.17, 15) is 19.2 Å². The van der Waals surface area contributed by atoms with Crippen LogP contribution < -0.4 is 21.7 Å². The van der Waals surface area contributed by atoms with Crippen molar-refractivity contribution in [1.82, 2.24) is 35.6 Å². The maximum absolute atomic E-state index is 14.2. The third-order valence-electron chi connectivity index (χ3n) is 13.1. The Bertz CT molecular complexity index is 1690. The fourth-order valence-corrected chi connectivity index (χ4v) is 9.01. The summed E-state index contributed by atoms with van der Waals surface area (Å²) in [6, 6.07) is 19.2. The highest BCUT2D eigenvalue weighted by Crippen LogP contribution is 2.28. The maximum atomic E-state index is 14.2. The molecule has 0 radical (unpaired) electrons. The van der Waals surface area contributed by atoms with Crippen molar-refractivity contribution in [2.24, 2.45) is 16.6 Å². The molecule has 2 aliphatic heterocycles. The molecule has 4 rings (SSSR count). The SMILES string of the molecule is CN[C@@H](C)C(=O)N[C@H](C(=O)N1CCC[C@H]1CN(CCCCCCN(CCc1ccccc1)C[C@@H]1CCCN1C(=O)[C@@H](NC(=O)[C@H](C)N)C(C)(C)C)CCc1ccccc1)C(C)(C)C. The molecule has 12 heteroatoms. The average molecular weight is 873 g/mol. The van der Waals surface area contributed by atoms with Crippen LogP contribution in [-0.2, 0) is 32.0 Å². The van der Waals surface area contributed by atoms with Gasteiger partial charge >= 0.3 is 0 Å². The molecule has 0 aliphatic carbocycles. The molecule has 0 aromatic heterocycles. The van der Waals surface area contributed by atoms with E-state index in [1.54, 1.807) is 14.0 Å². The van der Waals surface area contributed by atoms with Crippen LogP contribution in [0.2, 0.25) is 0 Å². The van der Waals surface area contributed by atoms with Crippen LogP contribution in [0.3, 0.4) is 0 Å². The first-order valence-corrected chi connectivity index (χ1v) is 24.1. The van der Waals surface area contributed by atoms with Crippen molar-refractivity contribution in [3.05, 3.63) is 71.8 Å². The molecule has 63 heavy (non-hydrogen) atoms. The first-order chi connectivity index (χ1) is 29.9. The molecule has 2 fully saturated rings. The van der Waals surface area contributed by atoms with Crippen molar-refractivity contribution in [2.45, 2.75) is 156 Å². The predicted molar refractivity (Wildman–Crippen MR) is 256 cm³/mol. The van der Waals surface area contributed by atoms with Crippen molar-refractivity contribution in [3.8, 4) is 0 Å². The van der Waals surface area contributed by atoms with Crippen molar-refractivity contribution < 1.29 is 19.2 Å². The number of likely N-dealkylation sites (N-methyl/N-ethyl adjacent to an activating group) is 1. The van der Waals surface area contributed by atoms with Crippen LogP contribution in [0.4, 0.5) is 0 Å². The third-order valence-corrected chi connectivity index (χ3v) is 13.1. The Morgan fingerprint density at radius 1 is 0.635 bits per heavy atom. The van der Waals surface area contributed by atoms with Gasteiger partial charge in [-0.25, -0.2) is 0 Å². The second-order valence-corrected chi connectivity index (χ2v) is 20.6. The van der Waals surface area contributed by atoms with E-state index in [1.165, 1.54) is 11.1 Å². The third kappa shape index (κ3) is 16.6. The van der Waals surface area contributed by atoms with Gasteiger partial charge in [0.15, 0.2) is 0 Å². The quantitative estimate of drug-likeness (QED) is 0.0995. The standard InChI is InChI=1S/C51H84N8O4/c1-38(52)46(60)54-44(50(3,4)5)48(62)58-32-20-26-42(58)36-56(34-28-40-22-14-12-15-23-40)30-18-10-11-19-31-57(35-29-41-24-16-13-17-25-41)37-43-27-21-33-59(43)49(63)45(51(6,7)8)55-47(61)39(2)53-9/h12-17,22-25,38-39,42-45,53H,10-11,18-21,26-37,52H2,1-9H3,(H,54,60)(H,55,61)/t38-,39-,42-,43-,44+,45+/m0/s1. The molecule has 0 bridgehead atoms. The molecule has 4 amide bonds. The summed E-state index contributed by atoms with van der Waals surface area (Å²) in [5.41, 5.74) is 7.65. The van der Waals surface area contributed by atoms with Gasteiger partial charge in [-0.15, -0.1) is 0 Å². The van der Waals surface area contributed by atoms with Crippen LogP contribution in [0, 0.1) is 10.8 Å². The van der Waals surface area contributed by atoms with Crippen molar-refractivity contribution in [3.63, 3.8) is 0 Å². The minimum Gasteiger partial charge on any atom is -0.342 e. The van der Waals surface area contributed by atoms with Crippen LogP contribution in [0.15, 0.2) is 60.7 Å². The maximum Gasteiger partial charge on any atom is 0.245 e. The molecule has 12 nitrogen and oxygen atoms in total. The zero-order valence-corrected chi connectivity index (χ0v) is 40.5. The number of nitrogens with zero attached hydrogens (tertiary/aromatic N) is 4. The number of hydrogen-bond donors (Lipinski definition) is 4. The summed E-state index contributed by atoms with van der Waals surface area (Å²) >= 11 is 0. The summed E-state index contributed by atoms with van der Waals surface area (Å²) in [6.45, 7) is 22.4. The summed E-state index contributed by atoms with van der Waals surface area (Å²) in [4.78, 5) is 63.3. The van der Waals surface area contributed by atoms with Gasteiger partial charge in [-0.05, 0) is 107 Å². The highest BCUT2D eigenvalue weighted by atomic mass is 16.2. The molecule has 6 atom stereocenters. The number of amides is 4. The highest BCUT2D eigenvalue weighted by molar-refractivity contribution is 5.91. The van der Waals surface area contributed by atoms with E-state index in [2.05, 4.69) is 91.3 Å². The smallest absolute Gasteiger partial charge is 0.245 e. The molecule has 2 aromatic rings. The Balaban J connectivity index is 1.38. The van der Waals surface area contributed by atoms with Gasteiger partial charge in [0, 0.05) is 51.4 Å². The number of carbonyl (C=O) groups is 4. The second kappa shape index (κ2) is 25.0. The molecular formula is C51H84N8O4. The number of hydrogen-bond acceptors (Lipinski definition) is 8. The number of carbonyl (C=O) groups excluding carboxylic acids is 4. The normalized spacial score (nSPS) is 19.0. The van der Waals surface area contributed by atoms with Gasteiger partial charge in [-0.2, -0.15) is 0 Å². The van der Waals surface area contributed by atoms with Gasteiger partial charge in [0.25, 0.3) is 0 Å². The first-order valence-electron chi connectivity index (χ1n) is 24.1. The second-order valence-electron chi connectivity index (χ2n) is 20.6. The van der Waals surface area contributed by atoms with Gasteiger partial charge in [-0.1, -0.05) is 115 Å². The lowest BCUT2D eigenvalue weighted by atomic mass is 9.85. The molecule has 2 heterocycles. The fraction of sp³-hybridized carbons (Fsp3) is 0.686. The monoisotopic (exact) mass is 873 g/mol. The minimum atomic E-state index is -0.683. The minimum absolute atomic E-state index is 0.0103. The van der Waals surface area contributed by atoms with E-state index in [4.69, 9.17) is 5.73 Å². The lowest BCUT2D eigenvalue weighted by Crippen LogP contribution is -2.59. The van der Waals surface area contributed by atoms with E-state index in [1.807, 2.05) is 53.4 Å². The molecule has 2 aromatic carbocycles.